The third-order valence-electron chi connectivity index (χ3n) is 3.33. The minimum Gasteiger partial charge on any atom is -0.481 e. The van der Waals surface area contributed by atoms with E-state index >= 15 is 0 Å². The fourth-order valence-corrected chi connectivity index (χ4v) is 2.48. The Bertz CT molecular complexity index is 568. The molecule has 0 saturated carbocycles. The molecular formula is C15H18N2O3. The number of carboxylic acid groups (broad SMARTS) is 1. The monoisotopic (exact) mass is 274 g/mol. The summed E-state index contributed by atoms with van der Waals surface area (Å²) in [5.74, 6) is -1.57. The molecule has 0 spiro atoms. The molecule has 0 fully saturated rings. The average Bonchev–Trinajstić information content (AvgIpc) is 2.76. The molecule has 1 aliphatic rings. The minimum absolute atomic E-state index is 0.175. The van der Waals surface area contributed by atoms with Crippen molar-refractivity contribution < 1.29 is 14.7 Å². The van der Waals surface area contributed by atoms with E-state index in [9.17, 15) is 14.7 Å². The van der Waals surface area contributed by atoms with Crippen LogP contribution in [0.25, 0.3) is 0 Å². The van der Waals surface area contributed by atoms with Gasteiger partial charge in [-0.05, 0) is 18.6 Å². The number of benzene rings is 1. The van der Waals surface area contributed by atoms with Gasteiger partial charge in [-0.3, -0.25) is 9.69 Å². The molecule has 2 rings (SSSR count). The summed E-state index contributed by atoms with van der Waals surface area (Å²) in [5.41, 5.74) is 2.25. The Morgan fingerprint density at radius 3 is 2.70 bits per heavy atom. The standard InChI is InChI=1S/C15H18N2O3/c1-10(2)8-16(3)15(20)17-9-12(14(18)19)11-6-4-5-7-13(11)17/h4-7,12H,1,8-9H2,2-3H3,(H,18,19). The number of anilines is 1. The van der Waals surface area contributed by atoms with E-state index in [1.165, 1.54) is 4.90 Å². The van der Waals surface area contributed by atoms with E-state index in [1.807, 2.05) is 13.0 Å². The Labute approximate surface area is 118 Å². The Kier molecular flexibility index (Phi) is 3.79. The van der Waals surface area contributed by atoms with Crippen molar-refractivity contribution >= 4 is 17.7 Å². The molecule has 1 aromatic carbocycles. The number of aliphatic carboxylic acids is 1. The third-order valence-corrected chi connectivity index (χ3v) is 3.33. The van der Waals surface area contributed by atoms with Gasteiger partial charge in [-0.25, -0.2) is 4.79 Å². The summed E-state index contributed by atoms with van der Waals surface area (Å²) in [6.07, 6.45) is 0. The summed E-state index contributed by atoms with van der Waals surface area (Å²) < 4.78 is 0. The van der Waals surface area contributed by atoms with Crippen LogP contribution in [-0.2, 0) is 4.79 Å². The summed E-state index contributed by atoms with van der Waals surface area (Å²) >= 11 is 0. The molecule has 0 bridgehead atoms. The zero-order valence-electron chi connectivity index (χ0n) is 11.7. The summed E-state index contributed by atoms with van der Waals surface area (Å²) in [6.45, 7) is 6.26. The molecule has 1 aliphatic heterocycles. The molecule has 2 amide bonds. The summed E-state index contributed by atoms with van der Waals surface area (Å²) in [4.78, 5) is 26.8. The highest BCUT2D eigenvalue weighted by Gasteiger charge is 2.37. The maximum absolute atomic E-state index is 12.4. The van der Waals surface area contributed by atoms with Gasteiger partial charge in [0.1, 0.15) is 5.92 Å². The quantitative estimate of drug-likeness (QED) is 0.860. The Morgan fingerprint density at radius 1 is 1.45 bits per heavy atom. The number of hydrogen-bond acceptors (Lipinski definition) is 2. The van der Waals surface area contributed by atoms with E-state index in [-0.39, 0.29) is 12.6 Å². The van der Waals surface area contributed by atoms with Crippen LogP contribution in [0.2, 0.25) is 0 Å². The van der Waals surface area contributed by atoms with Gasteiger partial charge < -0.3 is 10.0 Å². The summed E-state index contributed by atoms with van der Waals surface area (Å²) in [5, 5.41) is 9.28. The number of hydrogen-bond donors (Lipinski definition) is 1. The molecule has 0 saturated heterocycles. The number of carbonyl (C=O) groups excluding carboxylic acids is 1. The maximum Gasteiger partial charge on any atom is 0.324 e. The number of carbonyl (C=O) groups is 2. The number of likely N-dealkylation sites (N-methyl/N-ethyl adjacent to an activating group) is 1. The Balaban J connectivity index is 2.29. The number of carboxylic acids is 1. The number of rotatable bonds is 3. The topological polar surface area (TPSA) is 60.9 Å². The van der Waals surface area contributed by atoms with Crippen molar-refractivity contribution in [1.82, 2.24) is 4.90 Å². The lowest BCUT2D eigenvalue weighted by atomic mass is 10.0. The van der Waals surface area contributed by atoms with Gasteiger partial charge in [0, 0.05) is 25.8 Å². The van der Waals surface area contributed by atoms with Crippen molar-refractivity contribution in [3.63, 3.8) is 0 Å². The second-order valence-corrected chi connectivity index (χ2v) is 5.16. The lowest BCUT2D eigenvalue weighted by Gasteiger charge is -2.25. The SMILES string of the molecule is C=C(C)CN(C)C(=O)N1CC(C(=O)O)c2ccccc21. The van der Waals surface area contributed by atoms with Gasteiger partial charge in [-0.1, -0.05) is 30.4 Å². The van der Waals surface area contributed by atoms with Gasteiger partial charge in [0.25, 0.3) is 0 Å². The van der Waals surface area contributed by atoms with Crippen molar-refractivity contribution in [2.45, 2.75) is 12.8 Å². The first-order chi connectivity index (χ1) is 9.41. The van der Waals surface area contributed by atoms with E-state index in [2.05, 4.69) is 6.58 Å². The van der Waals surface area contributed by atoms with Gasteiger partial charge >= 0.3 is 12.0 Å². The van der Waals surface area contributed by atoms with Crippen molar-refractivity contribution in [2.75, 3.05) is 25.0 Å². The molecule has 0 radical (unpaired) electrons. The van der Waals surface area contributed by atoms with Crippen molar-refractivity contribution in [1.29, 1.82) is 0 Å². The zero-order valence-corrected chi connectivity index (χ0v) is 11.7. The number of amides is 2. The largest absolute Gasteiger partial charge is 0.481 e. The molecule has 0 aliphatic carbocycles. The number of para-hydroxylation sites is 1. The third kappa shape index (κ3) is 2.52. The zero-order chi connectivity index (χ0) is 14.9. The molecule has 20 heavy (non-hydrogen) atoms. The van der Waals surface area contributed by atoms with Gasteiger partial charge in [0.05, 0.1) is 0 Å². The normalized spacial score (nSPS) is 16.7. The maximum atomic E-state index is 12.4. The molecule has 1 N–H and O–H groups in total. The molecule has 1 atom stereocenters. The predicted molar refractivity (Wildman–Crippen MR) is 77.0 cm³/mol. The number of urea groups is 1. The van der Waals surface area contributed by atoms with Crippen molar-refractivity contribution in [2.24, 2.45) is 0 Å². The van der Waals surface area contributed by atoms with Crippen LogP contribution in [0.3, 0.4) is 0 Å². The number of fused-ring (bicyclic) bond motifs is 1. The van der Waals surface area contributed by atoms with Crippen LogP contribution in [-0.4, -0.2) is 42.1 Å². The van der Waals surface area contributed by atoms with Crippen LogP contribution in [0.4, 0.5) is 10.5 Å². The molecule has 5 heteroatoms. The fourth-order valence-electron chi connectivity index (χ4n) is 2.48. The van der Waals surface area contributed by atoms with Crippen LogP contribution in [0.5, 0.6) is 0 Å². The Morgan fingerprint density at radius 2 is 2.10 bits per heavy atom. The van der Waals surface area contributed by atoms with Crippen LogP contribution < -0.4 is 4.90 Å². The molecule has 106 valence electrons. The molecule has 1 aromatic rings. The molecule has 1 heterocycles. The molecular weight excluding hydrogens is 256 g/mol. The highest BCUT2D eigenvalue weighted by molar-refractivity contribution is 5.98. The molecule has 5 nitrogen and oxygen atoms in total. The van der Waals surface area contributed by atoms with Gasteiger partial charge in [0.15, 0.2) is 0 Å². The van der Waals surface area contributed by atoms with Gasteiger partial charge in [0.2, 0.25) is 0 Å². The molecule has 0 aromatic heterocycles. The lowest BCUT2D eigenvalue weighted by Crippen LogP contribution is -2.41. The Hall–Kier alpha value is -2.30. The number of nitrogens with zero attached hydrogens (tertiary/aromatic N) is 2. The van der Waals surface area contributed by atoms with Crippen LogP contribution in [0.1, 0.15) is 18.4 Å². The van der Waals surface area contributed by atoms with E-state index in [1.54, 1.807) is 30.1 Å². The van der Waals surface area contributed by atoms with Crippen molar-refractivity contribution in [3.05, 3.63) is 42.0 Å². The van der Waals surface area contributed by atoms with E-state index in [0.717, 1.165) is 5.57 Å². The van der Waals surface area contributed by atoms with E-state index < -0.39 is 11.9 Å². The van der Waals surface area contributed by atoms with Crippen LogP contribution in [0.15, 0.2) is 36.4 Å². The van der Waals surface area contributed by atoms with Crippen molar-refractivity contribution in [3.8, 4) is 0 Å². The fraction of sp³-hybridized carbons (Fsp3) is 0.333. The van der Waals surface area contributed by atoms with Crippen LogP contribution >= 0.6 is 0 Å². The summed E-state index contributed by atoms with van der Waals surface area (Å²) in [7, 11) is 1.69. The summed E-state index contributed by atoms with van der Waals surface area (Å²) in [6, 6.07) is 6.94. The minimum atomic E-state index is -0.907. The highest BCUT2D eigenvalue weighted by Crippen LogP contribution is 2.36. The first-order valence-electron chi connectivity index (χ1n) is 6.40. The molecule has 1 unspecified atom stereocenters. The predicted octanol–water partition coefficient (Wildman–Crippen LogP) is 2.30. The van der Waals surface area contributed by atoms with Crippen LogP contribution in [0, 0.1) is 0 Å². The second kappa shape index (κ2) is 5.36. The highest BCUT2D eigenvalue weighted by atomic mass is 16.4. The second-order valence-electron chi connectivity index (χ2n) is 5.16. The van der Waals surface area contributed by atoms with E-state index in [0.29, 0.717) is 17.8 Å². The average molecular weight is 274 g/mol. The van der Waals surface area contributed by atoms with Gasteiger partial charge in [-0.15, -0.1) is 0 Å². The van der Waals surface area contributed by atoms with E-state index in [4.69, 9.17) is 0 Å². The first kappa shape index (κ1) is 14.1. The van der Waals surface area contributed by atoms with Gasteiger partial charge in [-0.2, -0.15) is 0 Å². The smallest absolute Gasteiger partial charge is 0.324 e. The first-order valence-corrected chi connectivity index (χ1v) is 6.40. The lowest BCUT2D eigenvalue weighted by molar-refractivity contribution is -0.138.